The average molecular weight is 335 g/mol. The summed E-state index contributed by atoms with van der Waals surface area (Å²) in [4.78, 5) is 12.0. The fourth-order valence-corrected chi connectivity index (χ4v) is 2.46. The minimum Gasteiger partial charge on any atom is -0.493 e. The van der Waals surface area contributed by atoms with Gasteiger partial charge in [-0.2, -0.15) is 0 Å². The monoisotopic (exact) mass is 334 g/mol. The Morgan fingerprint density at radius 3 is 2.50 bits per heavy atom. The van der Waals surface area contributed by atoms with Crippen molar-refractivity contribution in [3.8, 4) is 16.9 Å². The van der Waals surface area contributed by atoms with Crippen LogP contribution in [0.4, 0.5) is 0 Å². The van der Waals surface area contributed by atoms with Crippen molar-refractivity contribution in [3.63, 3.8) is 0 Å². The van der Waals surface area contributed by atoms with Gasteiger partial charge in [-0.15, -0.1) is 0 Å². The lowest BCUT2D eigenvalue weighted by Crippen LogP contribution is -2.06. The van der Waals surface area contributed by atoms with Gasteiger partial charge in [-0.25, -0.2) is 4.79 Å². The molecule has 0 saturated carbocycles. The number of rotatable bonds is 4. The third-order valence-electron chi connectivity index (χ3n) is 2.83. The van der Waals surface area contributed by atoms with Crippen molar-refractivity contribution in [1.29, 1.82) is 0 Å². The standard InChI is InChI=1S/C16H15BrO3/c1-3-20-14-10-12(17)9-13(16(18)19-2)15(14)11-7-5-4-6-8-11/h4-10H,3H2,1-2H3. The van der Waals surface area contributed by atoms with Gasteiger partial charge in [0.2, 0.25) is 0 Å². The maximum atomic E-state index is 12.0. The molecule has 2 rings (SSSR count). The topological polar surface area (TPSA) is 35.5 Å². The molecule has 0 spiro atoms. The van der Waals surface area contributed by atoms with Gasteiger partial charge in [-0.05, 0) is 24.6 Å². The van der Waals surface area contributed by atoms with Gasteiger partial charge in [-0.1, -0.05) is 46.3 Å². The second-order valence-electron chi connectivity index (χ2n) is 4.12. The first-order valence-electron chi connectivity index (χ1n) is 6.27. The van der Waals surface area contributed by atoms with Crippen LogP contribution in [0.5, 0.6) is 5.75 Å². The molecule has 0 saturated heterocycles. The van der Waals surface area contributed by atoms with E-state index in [0.29, 0.717) is 17.9 Å². The van der Waals surface area contributed by atoms with Crippen LogP contribution in [-0.2, 0) is 4.74 Å². The summed E-state index contributed by atoms with van der Waals surface area (Å²) in [5.74, 6) is 0.277. The summed E-state index contributed by atoms with van der Waals surface area (Å²) in [5.41, 5.74) is 2.16. The van der Waals surface area contributed by atoms with Crippen molar-refractivity contribution in [3.05, 3.63) is 52.5 Å². The molecule has 0 unspecified atom stereocenters. The molecule has 0 radical (unpaired) electrons. The Morgan fingerprint density at radius 2 is 1.90 bits per heavy atom. The molecule has 0 N–H and O–H groups in total. The molecular formula is C16H15BrO3. The highest BCUT2D eigenvalue weighted by Crippen LogP contribution is 2.36. The first-order chi connectivity index (χ1) is 9.67. The minimum absolute atomic E-state index is 0.383. The Bertz CT molecular complexity index is 609. The maximum absolute atomic E-state index is 12.0. The first kappa shape index (κ1) is 14.6. The van der Waals surface area contributed by atoms with Crippen LogP contribution in [0.3, 0.4) is 0 Å². The molecule has 104 valence electrons. The Kier molecular flexibility index (Phi) is 4.79. The van der Waals surface area contributed by atoms with Crippen LogP contribution in [0.1, 0.15) is 17.3 Å². The summed E-state index contributed by atoms with van der Waals surface area (Å²) in [6.07, 6.45) is 0. The summed E-state index contributed by atoms with van der Waals surface area (Å²) in [6, 6.07) is 13.3. The van der Waals surface area contributed by atoms with E-state index >= 15 is 0 Å². The minimum atomic E-state index is -0.383. The van der Waals surface area contributed by atoms with Crippen molar-refractivity contribution < 1.29 is 14.3 Å². The predicted molar refractivity (Wildman–Crippen MR) is 82.1 cm³/mol. The molecule has 4 heteroatoms. The lowest BCUT2D eigenvalue weighted by Gasteiger charge is -2.15. The van der Waals surface area contributed by atoms with Gasteiger partial charge >= 0.3 is 5.97 Å². The Hall–Kier alpha value is -1.81. The molecular weight excluding hydrogens is 320 g/mol. The van der Waals surface area contributed by atoms with Crippen molar-refractivity contribution in [2.24, 2.45) is 0 Å². The van der Waals surface area contributed by atoms with Crippen molar-refractivity contribution in [2.75, 3.05) is 13.7 Å². The molecule has 0 heterocycles. The molecule has 2 aromatic rings. The fraction of sp³-hybridized carbons (Fsp3) is 0.188. The second kappa shape index (κ2) is 6.57. The zero-order valence-electron chi connectivity index (χ0n) is 11.4. The smallest absolute Gasteiger partial charge is 0.338 e. The second-order valence-corrected chi connectivity index (χ2v) is 5.03. The van der Waals surface area contributed by atoms with E-state index in [1.54, 1.807) is 6.07 Å². The van der Waals surface area contributed by atoms with Crippen LogP contribution in [0.25, 0.3) is 11.1 Å². The summed E-state index contributed by atoms with van der Waals surface area (Å²) in [7, 11) is 1.37. The number of ether oxygens (including phenoxy) is 2. The third kappa shape index (κ3) is 3.02. The molecule has 20 heavy (non-hydrogen) atoms. The Balaban J connectivity index is 2.70. The largest absolute Gasteiger partial charge is 0.493 e. The van der Waals surface area contributed by atoms with Gasteiger partial charge in [0.05, 0.1) is 19.3 Å². The molecule has 0 aliphatic carbocycles. The molecule has 2 aromatic carbocycles. The van der Waals surface area contributed by atoms with Crippen molar-refractivity contribution >= 4 is 21.9 Å². The van der Waals surface area contributed by atoms with E-state index in [1.165, 1.54) is 7.11 Å². The number of hydrogen-bond donors (Lipinski definition) is 0. The van der Waals surface area contributed by atoms with Crippen LogP contribution in [0, 0.1) is 0 Å². The normalized spacial score (nSPS) is 10.2. The van der Waals surface area contributed by atoms with Crippen molar-refractivity contribution in [1.82, 2.24) is 0 Å². The molecule has 0 bridgehead atoms. The van der Waals surface area contributed by atoms with E-state index in [9.17, 15) is 4.79 Å². The van der Waals surface area contributed by atoms with Gasteiger partial charge < -0.3 is 9.47 Å². The molecule has 0 amide bonds. The molecule has 0 aliphatic rings. The van der Waals surface area contributed by atoms with Crippen LogP contribution in [0.2, 0.25) is 0 Å². The molecule has 0 aromatic heterocycles. The van der Waals surface area contributed by atoms with E-state index in [0.717, 1.165) is 15.6 Å². The summed E-state index contributed by atoms with van der Waals surface area (Å²) >= 11 is 3.40. The SMILES string of the molecule is CCOc1cc(Br)cc(C(=O)OC)c1-c1ccccc1. The highest BCUT2D eigenvalue weighted by Gasteiger charge is 2.19. The lowest BCUT2D eigenvalue weighted by molar-refractivity contribution is 0.0601. The van der Waals surface area contributed by atoms with E-state index in [-0.39, 0.29) is 5.97 Å². The number of benzene rings is 2. The van der Waals surface area contributed by atoms with E-state index in [1.807, 2.05) is 43.3 Å². The molecule has 0 aliphatic heterocycles. The fourth-order valence-electron chi connectivity index (χ4n) is 2.02. The number of carbonyl (C=O) groups excluding carboxylic acids is 1. The summed E-state index contributed by atoms with van der Waals surface area (Å²) in [5, 5.41) is 0. The quantitative estimate of drug-likeness (QED) is 0.782. The number of methoxy groups -OCH3 is 1. The zero-order chi connectivity index (χ0) is 14.5. The maximum Gasteiger partial charge on any atom is 0.338 e. The zero-order valence-corrected chi connectivity index (χ0v) is 12.9. The average Bonchev–Trinajstić information content (AvgIpc) is 2.47. The number of halogens is 1. The third-order valence-corrected chi connectivity index (χ3v) is 3.29. The van der Waals surface area contributed by atoms with E-state index in [2.05, 4.69) is 15.9 Å². The van der Waals surface area contributed by atoms with Crippen LogP contribution in [-0.4, -0.2) is 19.7 Å². The van der Waals surface area contributed by atoms with Crippen LogP contribution >= 0.6 is 15.9 Å². The highest BCUT2D eigenvalue weighted by atomic mass is 79.9. The van der Waals surface area contributed by atoms with Gasteiger partial charge in [0.15, 0.2) is 0 Å². The van der Waals surface area contributed by atoms with Crippen molar-refractivity contribution in [2.45, 2.75) is 6.92 Å². The summed E-state index contributed by atoms with van der Waals surface area (Å²) < 4.78 is 11.3. The van der Waals surface area contributed by atoms with Gasteiger partial charge in [0, 0.05) is 10.0 Å². The molecule has 0 atom stereocenters. The Labute approximate surface area is 126 Å². The molecule has 0 fully saturated rings. The van der Waals surface area contributed by atoms with Gasteiger partial charge in [-0.3, -0.25) is 0 Å². The number of carbonyl (C=O) groups is 1. The highest BCUT2D eigenvalue weighted by molar-refractivity contribution is 9.10. The Morgan fingerprint density at radius 1 is 1.20 bits per heavy atom. The van der Waals surface area contributed by atoms with Gasteiger partial charge in [0.1, 0.15) is 5.75 Å². The van der Waals surface area contributed by atoms with E-state index < -0.39 is 0 Å². The van der Waals surface area contributed by atoms with Crippen LogP contribution < -0.4 is 4.74 Å². The van der Waals surface area contributed by atoms with Crippen LogP contribution in [0.15, 0.2) is 46.9 Å². The molecule has 3 nitrogen and oxygen atoms in total. The van der Waals surface area contributed by atoms with Gasteiger partial charge in [0.25, 0.3) is 0 Å². The van der Waals surface area contributed by atoms with E-state index in [4.69, 9.17) is 9.47 Å². The predicted octanol–water partition coefficient (Wildman–Crippen LogP) is 4.30. The lowest BCUT2D eigenvalue weighted by atomic mass is 9.98. The number of esters is 1. The number of hydrogen-bond acceptors (Lipinski definition) is 3. The summed E-state index contributed by atoms with van der Waals surface area (Å²) in [6.45, 7) is 2.43. The first-order valence-corrected chi connectivity index (χ1v) is 7.06.